The summed E-state index contributed by atoms with van der Waals surface area (Å²) < 4.78 is 5.24. The van der Waals surface area contributed by atoms with Gasteiger partial charge in [0.05, 0.1) is 0 Å². The topological polar surface area (TPSA) is 46.5 Å². The van der Waals surface area contributed by atoms with E-state index in [1.807, 2.05) is 36.4 Å². The number of ether oxygens (including phenoxy) is 1. The highest BCUT2D eigenvalue weighted by atomic mass is 16.5. The highest BCUT2D eigenvalue weighted by molar-refractivity contribution is 5.72. The van der Waals surface area contributed by atoms with Crippen molar-refractivity contribution in [2.75, 3.05) is 0 Å². The zero-order chi connectivity index (χ0) is 13.2. The van der Waals surface area contributed by atoms with Crippen molar-refractivity contribution in [2.24, 2.45) is 0 Å². The van der Waals surface area contributed by atoms with E-state index in [0.717, 1.165) is 23.1 Å². The predicted molar refractivity (Wildman–Crippen MR) is 71.6 cm³/mol. The lowest BCUT2D eigenvalue weighted by Crippen LogP contribution is -1.98. The molecule has 3 nitrogen and oxygen atoms in total. The average molecular weight is 254 g/mol. The first-order valence-electron chi connectivity index (χ1n) is 6.31. The summed E-state index contributed by atoms with van der Waals surface area (Å²) in [5, 5.41) is 9.27. The Morgan fingerprint density at radius 2 is 1.53 bits per heavy atom. The van der Waals surface area contributed by atoms with Crippen LogP contribution in [0.3, 0.4) is 0 Å². The van der Waals surface area contributed by atoms with Gasteiger partial charge in [0, 0.05) is 6.42 Å². The molecule has 3 rings (SSSR count). The van der Waals surface area contributed by atoms with Crippen molar-refractivity contribution < 1.29 is 14.6 Å². The summed E-state index contributed by atoms with van der Waals surface area (Å²) >= 11 is 0. The van der Waals surface area contributed by atoms with Crippen LogP contribution >= 0.6 is 0 Å². The number of hydrogen-bond donors (Lipinski definition) is 1. The van der Waals surface area contributed by atoms with Gasteiger partial charge in [0.25, 0.3) is 0 Å². The third-order valence-electron chi connectivity index (χ3n) is 3.37. The Morgan fingerprint density at radius 3 is 2.05 bits per heavy atom. The van der Waals surface area contributed by atoms with Crippen LogP contribution in [0.5, 0.6) is 5.75 Å². The molecule has 1 N–H and O–H groups in total. The van der Waals surface area contributed by atoms with Gasteiger partial charge in [-0.1, -0.05) is 36.4 Å². The third kappa shape index (κ3) is 2.45. The minimum atomic E-state index is -0.118. The number of carbonyl (C=O) groups excluding carboxylic acids is 1. The number of rotatable bonds is 2. The van der Waals surface area contributed by atoms with Gasteiger partial charge >= 0.3 is 5.97 Å². The molecule has 3 heteroatoms. The Bertz CT molecular complexity index is 584. The normalized spacial score (nSPS) is 18.3. The summed E-state index contributed by atoms with van der Waals surface area (Å²) in [7, 11) is 0. The molecule has 0 amide bonds. The molecule has 0 radical (unpaired) electrons. The van der Waals surface area contributed by atoms with E-state index in [0.29, 0.717) is 6.42 Å². The quantitative estimate of drug-likeness (QED) is 0.835. The van der Waals surface area contributed by atoms with Gasteiger partial charge in [0.2, 0.25) is 0 Å². The van der Waals surface area contributed by atoms with Crippen molar-refractivity contribution in [2.45, 2.75) is 18.9 Å². The Morgan fingerprint density at radius 1 is 0.947 bits per heavy atom. The molecular formula is C16H14O3. The molecule has 1 aliphatic rings. The van der Waals surface area contributed by atoms with E-state index in [4.69, 9.17) is 4.74 Å². The first-order chi connectivity index (χ1) is 9.22. The Balaban J connectivity index is 1.82. The number of phenolic OH excluding ortho intramolecular Hbond substituents is 1. The molecule has 1 atom stereocenters. The van der Waals surface area contributed by atoms with Gasteiger partial charge < -0.3 is 9.84 Å². The van der Waals surface area contributed by atoms with Crippen LogP contribution in [0.15, 0.2) is 48.5 Å². The molecule has 1 heterocycles. The zero-order valence-electron chi connectivity index (χ0n) is 10.4. The van der Waals surface area contributed by atoms with E-state index in [9.17, 15) is 9.90 Å². The van der Waals surface area contributed by atoms with Crippen molar-refractivity contribution in [3.05, 3.63) is 54.1 Å². The lowest BCUT2D eigenvalue weighted by atomic mass is 10.0. The maximum Gasteiger partial charge on any atom is 0.306 e. The highest BCUT2D eigenvalue weighted by Crippen LogP contribution is 2.31. The average Bonchev–Trinajstić information content (AvgIpc) is 2.87. The smallest absolute Gasteiger partial charge is 0.306 e. The maximum atomic E-state index is 11.1. The second kappa shape index (κ2) is 4.76. The van der Waals surface area contributed by atoms with Crippen LogP contribution in [0.25, 0.3) is 11.1 Å². The molecule has 0 bridgehead atoms. The molecule has 1 unspecified atom stereocenters. The van der Waals surface area contributed by atoms with E-state index in [2.05, 4.69) is 0 Å². The predicted octanol–water partition coefficient (Wildman–Crippen LogP) is 3.44. The summed E-state index contributed by atoms with van der Waals surface area (Å²) in [5.41, 5.74) is 3.16. The molecule has 0 aliphatic carbocycles. The summed E-state index contributed by atoms with van der Waals surface area (Å²) in [6.07, 6.45) is 1.17. The summed E-state index contributed by atoms with van der Waals surface area (Å²) in [5.74, 6) is 0.144. The molecule has 2 aromatic rings. The number of esters is 1. The fourth-order valence-corrected chi connectivity index (χ4v) is 2.30. The maximum absolute atomic E-state index is 11.1. The van der Waals surface area contributed by atoms with Crippen LogP contribution < -0.4 is 0 Å². The number of hydrogen-bond acceptors (Lipinski definition) is 3. The van der Waals surface area contributed by atoms with Gasteiger partial charge in [-0.15, -0.1) is 0 Å². The molecule has 19 heavy (non-hydrogen) atoms. The molecule has 0 aromatic heterocycles. The Hall–Kier alpha value is -2.29. The molecule has 1 aliphatic heterocycles. The standard InChI is InChI=1S/C16H14O3/c17-14-7-5-12(6-8-14)11-1-3-13(4-2-11)15-9-10-16(18)19-15/h1-8,15,17H,9-10H2. The van der Waals surface area contributed by atoms with Gasteiger partial charge in [-0.2, -0.15) is 0 Å². The van der Waals surface area contributed by atoms with E-state index in [-0.39, 0.29) is 17.8 Å². The molecule has 96 valence electrons. The van der Waals surface area contributed by atoms with E-state index in [1.54, 1.807) is 12.1 Å². The number of benzene rings is 2. The highest BCUT2D eigenvalue weighted by Gasteiger charge is 2.24. The van der Waals surface area contributed by atoms with Crippen molar-refractivity contribution in [3.63, 3.8) is 0 Å². The van der Waals surface area contributed by atoms with Crippen molar-refractivity contribution >= 4 is 5.97 Å². The van der Waals surface area contributed by atoms with Gasteiger partial charge in [-0.25, -0.2) is 0 Å². The van der Waals surface area contributed by atoms with Crippen molar-refractivity contribution in [3.8, 4) is 16.9 Å². The monoisotopic (exact) mass is 254 g/mol. The zero-order valence-corrected chi connectivity index (χ0v) is 10.4. The van der Waals surface area contributed by atoms with Crippen LogP contribution in [0.2, 0.25) is 0 Å². The van der Waals surface area contributed by atoms with Crippen LogP contribution in [0.1, 0.15) is 24.5 Å². The molecular weight excluding hydrogens is 240 g/mol. The third-order valence-corrected chi connectivity index (χ3v) is 3.37. The first kappa shape index (κ1) is 11.8. The molecule has 1 fully saturated rings. The molecule has 0 spiro atoms. The van der Waals surface area contributed by atoms with Gasteiger partial charge in [-0.3, -0.25) is 4.79 Å². The number of carbonyl (C=O) groups is 1. The SMILES string of the molecule is O=C1CCC(c2ccc(-c3ccc(O)cc3)cc2)O1. The second-order valence-electron chi connectivity index (χ2n) is 4.69. The van der Waals surface area contributed by atoms with Gasteiger partial charge in [-0.05, 0) is 35.2 Å². The summed E-state index contributed by atoms with van der Waals surface area (Å²) in [6.45, 7) is 0. The second-order valence-corrected chi connectivity index (χ2v) is 4.69. The molecule has 0 saturated carbocycles. The minimum absolute atomic E-state index is 0.0960. The van der Waals surface area contributed by atoms with Crippen LogP contribution in [-0.4, -0.2) is 11.1 Å². The first-order valence-corrected chi connectivity index (χ1v) is 6.31. The summed E-state index contributed by atoms with van der Waals surface area (Å²) in [4.78, 5) is 11.1. The summed E-state index contributed by atoms with van der Waals surface area (Å²) in [6, 6.07) is 15.1. The Labute approximate surface area is 111 Å². The van der Waals surface area contributed by atoms with Crippen molar-refractivity contribution in [1.82, 2.24) is 0 Å². The van der Waals surface area contributed by atoms with Crippen molar-refractivity contribution in [1.29, 1.82) is 0 Å². The van der Waals surface area contributed by atoms with E-state index >= 15 is 0 Å². The Kier molecular flexibility index (Phi) is 2.95. The molecule has 1 saturated heterocycles. The van der Waals surface area contributed by atoms with Crippen LogP contribution in [0.4, 0.5) is 0 Å². The largest absolute Gasteiger partial charge is 0.508 e. The fourth-order valence-electron chi connectivity index (χ4n) is 2.30. The number of cyclic esters (lactones) is 1. The number of aromatic hydroxyl groups is 1. The lowest BCUT2D eigenvalue weighted by Gasteiger charge is -2.10. The lowest BCUT2D eigenvalue weighted by molar-refractivity contribution is -0.141. The minimum Gasteiger partial charge on any atom is -0.508 e. The van der Waals surface area contributed by atoms with Crippen LogP contribution in [-0.2, 0) is 9.53 Å². The van der Waals surface area contributed by atoms with Gasteiger partial charge in [0.1, 0.15) is 11.9 Å². The molecule has 2 aromatic carbocycles. The number of phenols is 1. The van der Waals surface area contributed by atoms with Gasteiger partial charge in [0.15, 0.2) is 0 Å². The van der Waals surface area contributed by atoms with Crippen LogP contribution in [0, 0.1) is 0 Å². The fraction of sp³-hybridized carbons (Fsp3) is 0.188. The van der Waals surface area contributed by atoms with E-state index < -0.39 is 0 Å². The van der Waals surface area contributed by atoms with E-state index in [1.165, 1.54) is 0 Å².